The van der Waals surface area contributed by atoms with Crippen LogP contribution in [0, 0.1) is 5.92 Å². The van der Waals surface area contributed by atoms with Crippen LogP contribution in [0.5, 0.6) is 11.5 Å². The van der Waals surface area contributed by atoms with E-state index in [1.165, 1.54) is 0 Å². The van der Waals surface area contributed by atoms with E-state index >= 15 is 0 Å². The first-order valence-corrected chi connectivity index (χ1v) is 10.1. The molecule has 0 spiro atoms. The second kappa shape index (κ2) is 8.33. The molecule has 0 unspecified atom stereocenters. The number of amides is 2. The Hall–Kier alpha value is -2.73. The van der Waals surface area contributed by atoms with Crippen molar-refractivity contribution in [1.29, 1.82) is 0 Å². The molecule has 1 fully saturated rings. The predicted molar refractivity (Wildman–Crippen MR) is 109 cm³/mol. The highest BCUT2D eigenvalue weighted by Crippen LogP contribution is 2.33. The fraction of sp³-hybridized carbons (Fsp3) is 0.364. The van der Waals surface area contributed by atoms with Gasteiger partial charge in [-0.2, -0.15) is 0 Å². The van der Waals surface area contributed by atoms with Crippen LogP contribution in [0.25, 0.3) is 0 Å². The lowest BCUT2D eigenvalue weighted by Crippen LogP contribution is -2.43. The summed E-state index contributed by atoms with van der Waals surface area (Å²) in [6.45, 7) is 1.91. The molecule has 0 bridgehead atoms. The van der Waals surface area contributed by atoms with Gasteiger partial charge < -0.3 is 19.3 Å². The van der Waals surface area contributed by atoms with Gasteiger partial charge in [0.25, 0.3) is 5.91 Å². The fourth-order valence-electron chi connectivity index (χ4n) is 3.81. The van der Waals surface area contributed by atoms with E-state index in [1.54, 1.807) is 29.2 Å². The summed E-state index contributed by atoms with van der Waals surface area (Å²) in [6.07, 6.45) is 1.34. The number of carbonyl (C=O) groups excluding carboxylic acids is 2. The van der Waals surface area contributed by atoms with Crippen LogP contribution in [-0.2, 0) is 11.3 Å². The number of carbonyl (C=O) groups is 2. The number of piperidine rings is 1. The molecule has 2 amide bonds. The normalized spacial score (nSPS) is 16.0. The first-order valence-electron chi connectivity index (χ1n) is 9.69. The summed E-state index contributed by atoms with van der Waals surface area (Å²) < 4.78 is 10.7. The molecule has 0 aliphatic carbocycles. The zero-order chi connectivity index (χ0) is 20.4. The van der Waals surface area contributed by atoms with E-state index < -0.39 is 0 Å². The lowest BCUT2D eigenvalue weighted by atomic mass is 9.94. The van der Waals surface area contributed by atoms with Crippen LogP contribution in [0.1, 0.15) is 28.8 Å². The van der Waals surface area contributed by atoms with Gasteiger partial charge in [0.2, 0.25) is 12.7 Å². The van der Waals surface area contributed by atoms with Crippen molar-refractivity contribution in [3.8, 4) is 11.5 Å². The lowest BCUT2D eigenvalue weighted by Gasteiger charge is -2.33. The lowest BCUT2D eigenvalue weighted by molar-refractivity contribution is -0.136. The summed E-state index contributed by atoms with van der Waals surface area (Å²) in [6, 6.07) is 12.6. The van der Waals surface area contributed by atoms with Crippen molar-refractivity contribution in [2.45, 2.75) is 19.4 Å². The minimum absolute atomic E-state index is 0.0127. The maximum absolute atomic E-state index is 12.9. The predicted octanol–water partition coefficient (Wildman–Crippen LogP) is 3.58. The Morgan fingerprint density at radius 3 is 2.48 bits per heavy atom. The molecule has 0 aromatic heterocycles. The molecule has 6 nitrogen and oxygen atoms in total. The minimum atomic E-state index is -0.0664. The number of ether oxygens (including phenoxy) is 2. The number of likely N-dealkylation sites (tertiary alicyclic amines) is 1. The number of halogens is 1. The third-order valence-corrected chi connectivity index (χ3v) is 5.71. The molecule has 2 heterocycles. The summed E-state index contributed by atoms with van der Waals surface area (Å²) in [4.78, 5) is 29.1. The van der Waals surface area contributed by atoms with Crippen molar-refractivity contribution in [3.05, 3.63) is 58.6 Å². The molecule has 0 radical (unpaired) electrons. The topological polar surface area (TPSA) is 59.1 Å². The first-order chi connectivity index (χ1) is 14.0. The molecular weight excluding hydrogens is 392 g/mol. The third-order valence-electron chi connectivity index (χ3n) is 5.46. The van der Waals surface area contributed by atoms with Gasteiger partial charge >= 0.3 is 0 Å². The molecule has 0 saturated carbocycles. The molecule has 2 aromatic rings. The average molecular weight is 415 g/mol. The number of hydrogen-bond acceptors (Lipinski definition) is 4. The van der Waals surface area contributed by atoms with Gasteiger partial charge in [-0.1, -0.05) is 17.7 Å². The van der Waals surface area contributed by atoms with E-state index in [0.717, 1.165) is 17.1 Å². The van der Waals surface area contributed by atoms with Crippen molar-refractivity contribution < 1.29 is 19.1 Å². The first kappa shape index (κ1) is 19.6. The summed E-state index contributed by atoms with van der Waals surface area (Å²) >= 11 is 5.89. The molecule has 0 N–H and O–H groups in total. The van der Waals surface area contributed by atoms with E-state index in [0.29, 0.717) is 43.1 Å². The van der Waals surface area contributed by atoms with E-state index in [2.05, 4.69) is 0 Å². The van der Waals surface area contributed by atoms with Gasteiger partial charge in [-0.05, 0) is 54.8 Å². The van der Waals surface area contributed by atoms with Crippen molar-refractivity contribution in [2.24, 2.45) is 5.92 Å². The van der Waals surface area contributed by atoms with E-state index in [1.807, 2.05) is 30.1 Å². The fourth-order valence-corrected chi connectivity index (χ4v) is 3.93. The maximum atomic E-state index is 12.9. The molecule has 152 valence electrons. The zero-order valence-corrected chi connectivity index (χ0v) is 17.0. The Bertz CT molecular complexity index is 908. The van der Waals surface area contributed by atoms with Crippen molar-refractivity contribution in [3.63, 3.8) is 0 Å². The molecule has 7 heteroatoms. The number of hydrogen-bond donors (Lipinski definition) is 0. The van der Waals surface area contributed by atoms with Gasteiger partial charge in [-0.15, -0.1) is 0 Å². The van der Waals surface area contributed by atoms with Crippen LogP contribution in [0.2, 0.25) is 5.02 Å². The highest BCUT2D eigenvalue weighted by molar-refractivity contribution is 6.30. The molecule has 0 atom stereocenters. The smallest absolute Gasteiger partial charge is 0.253 e. The summed E-state index contributed by atoms with van der Waals surface area (Å²) in [5.74, 6) is 1.49. The highest BCUT2D eigenvalue weighted by atomic mass is 35.5. The van der Waals surface area contributed by atoms with Crippen LogP contribution in [-0.4, -0.2) is 48.5 Å². The van der Waals surface area contributed by atoms with Crippen LogP contribution in [0.15, 0.2) is 42.5 Å². The summed E-state index contributed by atoms with van der Waals surface area (Å²) in [5, 5.41) is 0.608. The van der Waals surface area contributed by atoms with E-state index in [9.17, 15) is 9.59 Å². The maximum Gasteiger partial charge on any atom is 0.253 e. The zero-order valence-electron chi connectivity index (χ0n) is 16.3. The quantitative estimate of drug-likeness (QED) is 0.767. The average Bonchev–Trinajstić information content (AvgIpc) is 3.21. The largest absolute Gasteiger partial charge is 0.454 e. The number of nitrogens with zero attached hydrogens (tertiary/aromatic N) is 2. The number of benzene rings is 2. The standard InChI is InChI=1S/C22H23ClN2O4/c1-24(13-15-2-7-19-20(12-15)29-14-28-19)21(26)17-8-10-25(11-9-17)22(27)16-3-5-18(23)6-4-16/h2-7,12,17H,8-11,13-14H2,1H3. The monoisotopic (exact) mass is 414 g/mol. The Morgan fingerprint density at radius 2 is 1.76 bits per heavy atom. The van der Waals surface area contributed by atoms with Crippen molar-refractivity contribution >= 4 is 23.4 Å². The SMILES string of the molecule is CN(Cc1ccc2c(c1)OCO2)C(=O)C1CCN(C(=O)c2ccc(Cl)cc2)CC1. The van der Waals surface area contributed by atoms with E-state index in [4.69, 9.17) is 21.1 Å². The van der Waals surface area contributed by atoms with Gasteiger partial charge in [0.1, 0.15) is 0 Å². The molecule has 2 aliphatic rings. The van der Waals surface area contributed by atoms with Gasteiger partial charge in [0.15, 0.2) is 11.5 Å². The Balaban J connectivity index is 1.31. The Morgan fingerprint density at radius 1 is 1.07 bits per heavy atom. The third kappa shape index (κ3) is 4.32. The molecular formula is C22H23ClN2O4. The van der Waals surface area contributed by atoms with Gasteiger partial charge in [-0.25, -0.2) is 0 Å². The van der Waals surface area contributed by atoms with Crippen LogP contribution in [0.3, 0.4) is 0 Å². The van der Waals surface area contributed by atoms with Crippen LogP contribution in [0.4, 0.5) is 0 Å². The van der Waals surface area contributed by atoms with Gasteiger partial charge in [0.05, 0.1) is 0 Å². The van der Waals surface area contributed by atoms with Gasteiger partial charge in [-0.3, -0.25) is 9.59 Å². The van der Waals surface area contributed by atoms with Crippen LogP contribution >= 0.6 is 11.6 Å². The summed E-state index contributed by atoms with van der Waals surface area (Å²) in [5.41, 5.74) is 1.62. The molecule has 2 aromatic carbocycles. The van der Waals surface area contributed by atoms with Crippen molar-refractivity contribution in [2.75, 3.05) is 26.9 Å². The van der Waals surface area contributed by atoms with Gasteiger partial charge in [0, 0.05) is 43.2 Å². The Labute approximate surface area is 174 Å². The highest BCUT2D eigenvalue weighted by Gasteiger charge is 2.29. The van der Waals surface area contributed by atoms with Crippen LogP contribution < -0.4 is 9.47 Å². The number of rotatable bonds is 4. The molecule has 1 saturated heterocycles. The molecule has 2 aliphatic heterocycles. The van der Waals surface area contributed by atoms with Crippen molar-refractivity contribution in [1.82, 2.24) is 9.80 Å². The second-order valence-corrected chi connectivity index (χ2v) is 7.89. The second-order valence-electron chi connectivity index (χ2n) is 7.46. The molecule has 4 rings (SSSR count). The van der Waals surface area contributed by atoms with E-state index in [-0.39, 0.29) is 24.5 Å². The Kier molecular flexibility index (Phi) is 5.62. The number of fused-ring (bicyclic) bond motifs is 1. The summed E-state index contributed by atoms with van der Waals surface area (Å²) in [7, 11) is 1.82. The minimum Gasteiger partial charge on any atom is -0.454 e. The molecule has 29 heavy (non-hydrogen) atoms.